The summed E-state index contributed by atoms with van der Waals surface area (Å²) in [6, 6.07) is 0. The molecule has 0 aliphatic carbocycles. The van der Waals surface area contributed by atoms with Crippen molar-refractivity contribution in [2.24, 2.45) is 5.10 Å². The van der Waals surface area contributed by atoms with Crippen LogP contribution in [0.2, 0.25) is 0 Å². The molecule has 0 amide bonds. The molecule has 0 atom stereocenters. The maximum absolute atomic E-state index is 11.2. The number of nitrogens with zero attached hydrogens (tertiary/aromatic N) is 2. The molecular formula is C7H15KN2O. The van der Waals surface area contributed by atoms with Gasteiger partial charge in [0.15, 0.2) is 0 Å². The van der Waals surface area contributed by atoms with Crippen molar-refractivity contribution in [1.29, 1.82) is 0 Å². The molecule has 0 rings (SSSR count). The van der Waals surface area contributed by atoms with Crippen molar-refractivity contribution in [1.82, 2.24) is 5.01 Å². The minimum absolute atomic E-state index is 0. The van der Waals surface area contributed by atoms with Crippen LogP contribution in [0.3, 0.4) is 0 Å². The standard InChI is InChI=1S/C7H15N2O.K/c1-6(7(2,3)10)8-9(4)5;/h1-5H3;/q-1;+1/b8-6-;. The zero-order valence-corrected chi connectivity index (χ0v) is 11.4. The Kier molecular flexibility index (Phi) is 7.51. The van der Waals surface area contributed by atoms with Crippen LogP contribution in [0.4, 0.5) is 0 Å². The summed E-state index contributed by atoms with van der Waals surface area (Å²) in [5, 5.41) is 16.8. The van der Waals surface area contributed by atoms with Crippen LogP contribution >= 0.6 is 0 Å². The first kappa shape index (κ1) is 14.6. The third-order valence-electron chi connectivity index (χ3n) is 1.22. The van der Waals surface area contributed by atoms with Gasteiger partial charge in [-0.3, -0.25) is 0 Å². The molecule has 0 aliphatic heterocycles. The zero-order chi connectivity index (χ0) is 8.36. The van der Waals surface area contributed by atoms with E-state index in [0.29, 0.717) is 5.71 Å². The summed E-state index contributed by atoms with van der Waals surface area (Å²) in [7, 11) is 3.60. The summed E-state index contributed by atoms with van der Waals surface area (Å²) in [5.74, 6) is 0. The molecule has 0 aromatic rings. The predicted octanol–water partition coefficient (Wildman–Crippen LogP) is -2.93. The van der Waals surface area contributed by atoms with Crippen molar-refractivity contribution < 1.29 is 56.5 Å². The fraction of sp³-hybridized carbons (Fsp3) is 0.857. The normalized spacial score (nSPS) is 12.4. The van der Waals surface area contributed by atoms with Gasteiger partial charge in [0.05, 0.1) is 0 Å². The minimum Gasteiger partial charge on any atom is -0.845 e. The molecule has 4 heteroatoms. The van der Waals surface area contributed by atoms with E-state index in [1.807, 2.05) is 0 Å². The molecule has 0 aliphatic rings. The van der Waals surface area contributed by atoms with Gasteiger partial charge in [-0.15, -0.1) is 0 Å². The van der Waals surface area contributed by atoms with Gasteiger partial charge < -0.3 is 10.1 Å². The van der Waals surface area contributed by atoms with E-state index in [9.17, 15) is 5.11 Å². The second-order valence-electron chi connectivity index (χ2n) is 3.04. The molecule has 11 heavy (non-hydrogen) atoms. The van der Waals surface area contributed by atoms with Crippen LogP contribution in [-0.2, 0) is 0 Å². The van der Waals surface area contributed by atoms with E-state index in [1.165, 1.54) is 0 Å². The number of hydrogen-bond donors (Lipinski definition) is 0. The molecular weight excluding hydrogens is 167 g/mol. The van der Waals surface area contributed by atoms with Crippen molar-refractivity contribution in [3.05, 3.63) is 0 Å². The average molecular weight is 182 g/mol. The average Bonchev–Trinajstić information content (AvgIpc) is 1.60. The Morgan fingerprint density at radius 3 is 1.82 bits per heavy atom. The summed E-state index contributed by atoms with van der Waals surface area (Å²) in [4.78, 5) is 0. The van der Waals surface area contributed by atoms with Crippen LogP contribution in [0.15, 0.2) is 5.10 Å². The van der Waals surface area contributed by atoms with E-state index in [4.69, 9.17) is 0 Å². The van der Waals surface area contributed by atoms with Gasteiger partial charge >= 0.3 is 51.4 Å². The summed E-state index contributed by atoms with van der Waals surface area (Å²) in [6.45, 7) is 4.96. The monoisotopic (exact) mass is 182 g/mol. The summed E-state index contributed by atoms with van der Waals surface area (Å²) in [6.07, 6.45) is 0. The van der Waals surface area contributed by atoms with Crippen molar-refractivity contribution in [2.75, 3.05) is 14.1 Å². The van der Waals surface area contributed by atoms with Crippen molar-refractivity contribution in [3.8, 4) is 0 Å². The molecule has 0 saturated carbocycles. The first-order valence-corrected chi connectivity index (χ1v) is 3.27. The summed E-state index contributed by atoms with van der Waals surface area (Å²) in [5.41, 5.74) is -0.443. The number of rotatable bonds is 2. The molecule has 0 radical (unpaired) electrons. The van der Waals surface area contributed by atoms with Crippen LogP contribution in [0, 0.1) is 0 Å². The van der Waals surface area contributed by atoms with E-state index < -0.39 is 5.60 Å². The van der Waals surface area contributed by atoms with E-state index in [1.54, 1.807) is 39.9 Å². The molecule has 0 N–H and O–H groups in total. The summed E-state index contributed by atoms with van der Waals surface area (Å²) >= 11 is 0. The van der Waals surface area contributed by atoms with Crippen molar-refractivity contribution in [3.63, 3.8) is 0 Å². The van der Waals surface area contributed by atoms with E-state index in [0.717, 1.165) is 0 Å². The van der Waals surface area contributed by atoms with Crippen LogP contribution in [0.1, 0.15) is 20.8 Å². The molecule has 0 unspecified atom stereocenters. The van der Waals surface area contributed by atoms with Gasteiger partial charge in [0, 0.05) is 19.8 Å². The Bertz CT molecular complexity index is 138. The SMILES string of the molecule is C/C(=N/N(C)C)C(C)(C)[O-].[K+]. The van der Waals surface area contributed by atoms with Crippen LogP contribution in [-0.4, -0.2) is 30.4 Å². The number of hydrogen-bond acceptors (Lipinski definition) is 3. The predicted molar refractivity (Wildman–Crippen MR) is 40.9 cm³/mol. The molecule has 0 fully saturated rings. The first-order chi connectivity index (χ1) is 4.34. The zero-order valence-electron chi connectivity index (χ0n) is 8.30. The summed E-state index contributed by atoms with van der Waals surface area (Å²) < 4.78 is 0. The third-order valence-corrected chi connectivity index (χ3v) is 1.22. The van der Waals surface area contributed by atoms with E-state index in [-0.39, 0.29) is 51.4 Å². The molecule has 0 aromatic carbocycles. The topological polar surface area (TPSA) is 38.7 Å². The van der Waals surface area contributed by atoms with Gasteiger partial charge in [-0.2, -0.15) is 5.10 Å². The van der Waals surface area contributed by atoms with Gasteiger partial charge in [0.25, 0.3) is 0 Å². The fourth-order valence-corrected chi connectivity index (χ4v) is 0.420. The Morgan fingerprint density at radius 2 is 1.73 bits per heavy atom. The molecule has 0 aromatic heterocycles. The molecule has 60 valence electrons. The molecule has 3 nitrogen and oxygen atoms in total. The minimum atomic E-state index is -1.05. The smallest absolute Gasteiger partial charge is 0.845 e. The molecule has 0 heterocycles. The van der Waals surface area contributed by atoms with Crippen molar-refractivity contribution in [2.45, 2.75) is 26.4 Å². The van der Waals surface area contributed by atoms with Gasteiger partial charge in [-0.25, -0.2) is 0 Å². The van der Waals surface area contributed by atoms with Crippen LogP contribution < -0.4 is 56.5 Å². The number of hydrazone groups is 1. The Hall–Kier alpha value is 1.07. The van der Waals surface area contributed by atoms with Crippen LogP contribution in [0.25, 0.3) is 0 Å². The van der Waals surface area contributed by atoms with Crippen LogP contribution in [0.5, 0.6) is 0 Å². The molecule has 0 saturated heterocycles. The maximum Gasteiger partial charge on any atom is 1.00 e. The Labute approximate surface area is 111 Å². The second-order valence-corrected chi connectivity index (χ2v) is 3.04. The molecule has 0 bridgehead atoms. The third kappa shape index (κ3) is 7.43. The second kappa shape index (κ2) is 5.67. The van der Waals surface area contributed by atoms with Gasteiger partial charge in [-0.05, 0) is 6.92 Å². The Balaban J connectivity index is 0. The largest absolute Gasteiger partial charge is 1.00 e. The van der Waals surface area contributed by atoms with Gasteiger partial charge in [0.2, 0.25) is 0 Å². The van der Waals surface area contributed by atoms with Gasteiger partial charge in [-0.1, -0.05) is 19.4 Å². The fourth-order valence-electron chi connectivity index (χ4n) is 0.420. The quantitative estimate of drug-likeness (QED) is 0.260. The van der Waals surface area contributed by atoms with E-state index in [2.05, 4.69) is 5.10 Å². The van der Waals surface area contributed by atoms with Crippen molar-refractivity contribution >= 4 is 5.71 Å². The van der Waals surface area contributed by atoms with Gasteiger partial charge in [0.1, 0.15) is 0 Å². The van der Waals surface area contributed by atoms with E-state index >= 15 is 0 Å². The first-order valence-electron chi connectivity index (χ1n) is 3.27. The maximum atomic E-state index is 11.2. The molecule has 0 spiro atoms. The Morgan fingerprint density at radius 1 is 1.36 bits per heavy atom.